The van der Waals surface area contributed by atoms with Crippen LogP contribution < -0.4 is 10.6 Å². The van der Waals surface area contributed by atoms with E-state index < -0.39 is 15.7 Å². The smallest absolute Gasteiger partial charge is 0.191 e. The standard InChI is InChI=1S/C17H22FN3O3S/c1-2-19-17(20-10-9-14-6-5-12-24-14)21-11-13-25(22,23)16-8-4-3-7-15(16)18/h3-8,12H,2,9-11,13H2,1H3,(H2,19,20,21). The second-order valence-corrected chi connectivity index (χ2v) is 7.34. The normalized spacial score (nSPS) is 12.2. The van der Waals surface area contributed by atoms with Crippen molar-refractivity contribution in [1.29, 1.82) is 0 Å². The molecule has 1 aromatic carbocycles. The number of rotatable bonds is 8. The molecule has 0 saturated heterocycles. The Balaban J connectivity index is 1.90. The van der Waals surface area contributed by atoms with Crippen LogP contribution >= 0.6 is 0 Å². The number of benzene rings is 1. The minimum Gasteiger partial charge on any atom is -0.469 e. The molecule has 8 heteroatoms. The van der Waals surface area contributed by atoms with E-state index >= 15 is 0 Å². The van der Waals surface area contributed by atoms with Gasteiger partial charge in [0.1, 0.15) is 16.5 Å². The van der Waals surface area contributed by atoms with Crippen molar-refractivity contribution in [3.63, 3.8) is 0 Å². The van der Waals surface area contributed by atoms with Crippen molar-refractivity contribution in [2.75, 3.05) is 25.4 Å². The number of guanidine groups is 1. The van der Waals surface area contributed by atoms with Crippen LogP contribution in [0.15, 0.2) is 57.0 Å². The molecule has 0 radical (unpaired) electrons. The van der Waals surface area contributed by atoms with Gasteiger partial charge in [0.05, 0.1) is 18.6 Å². The number of furan rings is 1. The summed E-state index contributed by atoms with van der Waals surface area (Å²) in [6, 6.07) is 9.06. The molecule has 1 aromatic heterocycles. The van der Waals surface area contributed by atoms with Gasteiger partial charge in [-0.15, -0.1) is 0 Å². The molecule has 0 saturated carbocycles. The molecule has 0 atom stereocenters. The molecule has 0 fully saturated rings. The molecule has 6 nitrogen and oxygen atoms in total. The molecule has 136 valence electrons. The lowest BCUT2D eigenvalue weighted by atomic mass is 10.3. The number of sulfone groups is 1. The summed E-state index contributed by atoms with van der Waals surface area (Å²) < 4.78 is 43.3. The van der Waals surface area contributed by atoms with Crippen LogP contribution in [0.5, 0.6) is 0 Å². The summed E-state index contributed by atoms with van der Waals surface area (Å²) in [4.78, 5) is 3.94. The zero-order valence-corrected chi connectivity index (χ0v) is 14.9. The van der Waals surface area contributed by atoms with Crippen LogP contribution in [0.1, 0.15) is 12.7 Å². The van der Waals surface area contributed by atoms with Crippen molar-refractivity contribution in [2.45, 2.75) is 18.2 Å². The average Bonchev–Trinajstić information content (AvgIpc) is 3.08. The lowest BCUT2D eigenvalue weighted by Crippen LogP contribution is -2.38. The van der Waals surface area contributed by atoms with Crippen LogP contribution in [0.3, 0.4) is 0 Å². The number of nitrogens with zero attached hydrogens (tertiary/aromatic N) is 1. The number of nitrogens with one attached hydrogen (secondary N) is 2. The molecule has 2 N–H and O–H groups in total. The van der Waals surface area contributed by atoms with Crippen molar-refractivity contribution in [1.82, 2.24) is 10.6 Å². The third-order valence-corrected chi connectivity index (χ3v) is 5.11. The highest BCUT2D eigenvalue weighted by molar-refractivity contribution is 7.91. The molecule has 0 unspecified atom stereocenters. The van der Waals surface area contributed by atoms with Crippen molar-refractivity contribution in [2.24, 2.45) is 4.99 Å². The topological polar surface area (TPSA) is 83.7 Å². The lowest BCUT2D eigenvalue weighted by Gasteiger charge is -2.11. The zero-order chi connectivity index (χ0) is 18.1. The molecule has 0 spiro atoms. The van der Waals surface area contributed by atoms with Gasteiger partial charge in [0, 0.05) is 19.5 Å². The molecule has 2 rings (SSSR count). The highest BCUT2D eigenvalue weighted by atomic mass is 32.2. The summed E-state index contributed by atoms with van der Waals surface area (Å²) in [6.07, 6.45) is 2.30. The van der Waals surface area contributed by atoms with Crippen molar-refractivity contribution >= 4 is 15.8 Å². The zero-order valence-electron chi connectivity index (χ0n) is 14.0. The largest absolute Gasteiger partial charge is 0.469 e. The molecule has 0 aliphatic rings. The van der Waals surface area contributed by atoms with Gasteiger partial charge in [-0.2, -0.15) is 0 Å². The number of aliphatic imine (C=N–C) groups is 1. The Morgan fingerprint density at radius 1 is 1.20 bits per heavy atom. The van der Waals surface area contributed by atoms with Gasteiger partial charge in [0.2, 0.25) is 0 Å². The van der Waals surface area contributed by atoms with E-state index in [9.17, 15) is 12.8 Å². The maximum atomic E-state index is 13.6. The summed E-state index contributed by atoms with van der Waals surface area (Å²) in [7, 11) is -3.71. The van der Waals surface area contributed by atoms with Gasteiger partial charge in [-0.1, -0.05) is 12.1 Å². The van der Waals surface area contributed by atoms with Gasteiger partial charge < -0.3 is 15.1 Å². The maximum Gasteiger partial charge on any atom is 0.191 e. The molecular weight excluding hydrogens is 345 g/mol. The lowest BCUT2D eigenvalue weighted by molar-refractivity contribution is 0.507. The third-order valence-electron chi connectivity index (χ3n) is 3.39. The molecular formula is C17H22FN3O3S. The van der Waals surface area contributed by atoms with Crippen molar-refractivity contribution in [3.05, 3.63) is 54.2 Å². The summed E-state index contributed by atoms with van der Waals surface area (Å²) in [5.41, 5.74) is 0. The molecule has 1 heterocycles. The molecule has 25 heavy (non-hydrogen) atoms. The van der Waals surface area contributed by atoms with Crippen LogP contribution in [-0.4, -0.2) is 39.8 Å². The Labute approximate surface area is 147 Å². The summed E-state index contributed by atoms with van der Waals surface area (Å²) in [5.74, 6) is 0.362. The minimum absolute atomic E-state index is 0.0345. The summed E-state index contributed by atoms with van der Waals surface area (Å²) in [5, 5.41) is 6.15. The van der Waals surface area contributed by atoms with Gasteiger partial charge in [-0.3, -0.25) is 4.99 Å². The van der Waals surface area contributed by atoms with E-state index in [1.165, 1.54) is 18.2 Å². The fourth-order valence-electron chi connectivity index (χ4n) is 2.19. The fraction of sp³-hybridized carbons (Fsp3) is 0.353. The molecule has 0 bridgehead atoms. The number of hydrogen-bond donors (Lipinski definition) is 2. The van der Waals surface area contributed by atoms with Gasteiger partial charge in [-0.05, 0) is 31.2 Å². The van der Waals surface area contributed by atoms with E-state index in [2.05, 4.69) is 15.6 Å². The van der Waals surface area contributed by atoms with E-state index in [1.54, 1.807) is 6.26 Å². The van der Waals surface area contributed by atoms with Crippen LogP contribution in [0, 0.1) is 5.82 Å². The van der Waals surface area contributed by atoms with Crippen LogP contribution in [0.25, 0.3) is 0 Å². The molecule has 0 aliphatic heterocycles. The van der Waals surface area contributed by atoms with E-state index in [4.69, 9.17) is 4.42 Å². The van der Waals surface area contributed by atoms with Gasteiger partial charge in [-0.25, -0.2) is 12.8 Å². The van der Waals surface area contributed by atoms with E-state index in [-0.39, 0.29) is 17.2 Å². The summed E-state index contributed by atoms with van der Waals surface area (Å²) >= 11 is 0. The highest BCUT2D eigenvalue weighted by Crippen LogP contribution is 2.15. The Kier molecular flexibility index (Phi) is 7.00. The first-order chi connectivity index (χ1) is 12.0. The van der Waals surface area contributed by atoms with Gasteiger partial charge in [0.15, 0.2) is 15.8 Å². The predicted octanol–water partition coefficient (Wildman–Crippen LogP) is 1.99. The van der Waals surface area contributed by atoms with Crippen LogP contribution in [0.4, 0.5) is 4.39 Å². The highest BCUT2D eigenvalue weighted by Gasteiger charge is 2.18. The summed E-state index contributed by atoms with van der Waals surface area (Å²) in [6.45, 7) is 3.19. The van der Waals surface area contributed by atoms with Crippen molar-refractivity contribution in [3.8, 4) is 0 Å². The molecule has 0 aliphatic carbocycles. The Morgan fingerprint density at radius 2 is 2.00 bits per heavy atom. The van der Waals surface area contributed by atoms with Gasteiger partial charge >= 0.3 is 0 Å². The molecule has 0 amide bonds. The quantitative estimate of drug-likeness (QED) is 0.551. The Morgan fingerprint density at radius 3 is 2.68 bits per heavy atom. The Hall–Kier alpha value is -2.35. The number of halogens is 1. The third kappa shape index (κ3) is 5.90. The maximum absolute atomic E-state index is 13.6. The van der Waals surface area contributed by atoms with E-state index in [0.29, 0.717) is 25.5 Å². The second kappa shape index (κ2) is 9.22. The molecule has 2 aromatic rings. The minimum atomic E-state index is -3.71. The predicted molar refractivity (Wildman–Crippen MR) is 94.8 cm³/mol. The SMILES string of the molecule is CCNC(=NCCS(=O)(=O)c1ccccc1F)NCCc1ccco1. The van der Waals surface area contributed by atoms with Gasteiger partial charge in [0.25, 0.3) is 0 Å². The van der Waals surface area contributed by atoms with E-state index in [1.807, 2.05) is 19.1 Å². The first kappa shape index (κ1) is 19.0. The monoisotopic (exact) mass is 367 g/mol. The first-order valence-electron chi connectivity index (χ1n) is 8.05. The first-order valence-corrected chi connectivity index (χ1v) is 9.70. The number of hydrogen-bond acceptors (Lipinski definition) is 4. The fourth-order valence-corrected chi connectivity index (χ4v) is 3.39. The second-order valence-electron chi connectivity index (χ2n) is 5.27. The average molecular weight is 367 g/mol. The van der Waals surface area contributed by atoms with Crippen LogP contribution in [0.2, 0.25) is 0 Å². The van der Waals surface area contributed by atoms with Crippen LogP contribution in [-0.2, 0) is 16.3 Å². The van der Waals surface area contributed by atoms with Crippen molar-refractivity contribution < 1.29 is 17.2 Å². The van der Waals surface area contributed by atoms with E-state index in [0.717, 1.165) is 11.8 Å². The Bertz CT molecular complexity index is 789.